The van der Waals surface area contributed by atoms with Gasteiger partial charge in [-0.1, -0.05) is 46.9 Å². The number of alkyl halides is 3. The minimum absolute atomic E-state index is 0.0846. The predicted molar refractivity (Wildman–Crippen MR) is 71.9 cm³/mol. The molecule has 0 aromatic heterocycles. The fourth-order valence-corrected chi connectivity index (χ4v) is 2.84. The summed E-state index contributed by atoms with van der Waals surface area (Å²) in [5, 5.41) is 0.00547. The van der Waals surface area contributed by atoms with Crippen molar-refractivity contribution in [3.63, 3.8) is 0 Å². The van der Waals surface area contributed by atoms with E-state index < -0.39 is 23.1 Å². The van der Waals surface area contributed by atoms with Crippen LogP contribution >= 0.6 is 34.8 Å². The van der Waals surface area contributed by atoms with Crippen molar-refractivity contribution >= 4 is 34.8 Å². The van der Waals surface area contributed by atoms with Crippen LogP contribution in [0.4, 0.5) is 17.6 Å². The zero-order valence-electron chi connectivity index (χ0n) is 9.53. The SMILES string of the molecule is Fc1cccc(-c2c(Cl)cc(Cl)cc2Cl)c1C(F)(F)F. The van der Waals surface area contributed by atoms with Crippen molar-refractivity contribution in [2.24, 2.45) is 0 Å². The Balaban J connectivity index is 2.81. The van der Waals surface area contributed by atoms with Crippen LogP contribution in [0.2, 0.25) is 15.1 Å². The molecule has 0 spiro atoms. The van der Waals surface area contributed by atoms with Crippen LogP contribution in [0.1, 0.15) is 5.56 Å². The van der Waals surface area contributed by atoms with Gasteiger partial charge in [-0.15, -0.1) is 0 Å². The second-order valence-electron chi connectivity index (χ2n) is 3.90. The smallest absolute Gasteiger partial charge is 0.206 e. The van der Waals surface area contributed by atoms with Gasteiger partial charge >= 0.3 is 6.18 Å². The lowest BCUT2D eigenvalue weighted by atomic mass is 9.98. The molecular formula is C13H5Cl3F4. The van der Waals surface area contributed by atoms with E-state index in [0.29, 0.717) is 0 Å². The third-order valence-electron chi connectivity index (χ3n) is 2.57. The molecule has 0 saturated carbocycles. The van der Waals surface area contributed by atoms with Gasteiger partial charge in [0.25, 0.3) is 0 Å². The Bertz CT molecular complexity index is 642. The van der Waals surface area contributed by atoms with Crippen molar-refractivity contribution in [2.75, 3.05) is 0 Å². The monoisotopic (exact) mass is 342 g/mol. The van der Waals surface area contributed by atoms with Crippen LogP contribution < -0.4 is 0 Å². The van der Waals surface area contributed by atoms with Gasteiger partial charge in [0.1, 0.15) is 5.82 Å². The molecule has 0 atom stereocenters. The highest BCUT2D eigenvalue weighted by Gasteiger charge is 2.37. The van der Waals surface area contributed by atoms with Crippen molar-refractivity contribution in [3.8, 4) is 11.1 Å². The summed E-state index contributed by atoms with van der Waals surface area (Å²) in [6, 6.07) is 5.48. The van der Waals surface area contributed by atoms with Crippen LogP contribution in [0.3, 0.4) is 0 Å². The van der Waals surface area contributed by atoms with Crippen molar-refractivity contribution in [1.82, 2.24) is 0 Å². The summed E-state index contributed by atoms with van der Waals surface area (Å²) in [5.74, 6) is -1.39. The maximum atomic E-state index is 13.5. The highest BCUT2D eigenvalue weighted by molar-refractivity contribution is 6.41. The Hall–Kier alpha value is -0.970. The first kappa shape index (κ1) is 15.4. The van der Waals surface area contributed by atoms with Crippen LogP contribution in [-0.2, 0) is 6.18 Å². The number of hydrogen-bond acceptors (Lipinski definition) is 0. The van der Waals surface area contributed by atoms with Crippen LogP contribution in [0.25, 0.3) is 11.1 Å². The fraction of sp³-hybridized carbons (Fsp3) is 0.0769. The van der Waals surface area contributed by atoms with Gasteiger partial charge in [-0.3, -0.25) is 0 Å². The third kappa shape index (κ3) is 2.87. The van der Waals surface area contributed by atoms with Crippen LogP contribution in [-0.4, -0.2) is 0 Å². The molecule has 106 valence electrons. The molecular weight excluding hydrogens is 338 g/mol. The Morgan fingerprint density at radius 3 is 1.95 bits per heavy atom. The quantitative estimate of drug-likeness (QED) is 0.520. The van der Waals surface area contributed by atoms with Gasteiger partial charge in [0.15, 0.2) is 0 Å². The van der Waals surface area contributed by atoms with E-state index in [0.717, 1.165) is 18.2 Å². The topological polar surface area (TPSA) is 0 Å². The van der Waals surface area contributed by atoms with Crippen LogP contribution in [0, 0.1) is 5.82 Å². The van der Waals surface area contributed by atoms with E-state index in [4.69, 9.17) is 34.8 Å². The van der Waals surface area contributed by atoms with Crippen molar-refractivity contribution in [1.29, 1.82) is 0 Å². The minimum Gasteiger partial charge on any atom is -0.206 e. The van der Waals surface area contributed by atoms with E-state index >= 15 is 0 Å². The standard InChI is InChI=1S/C13H5Cl3F4/c14-6-4-8(15)11(9(16)5-6)7-2-1-3-10(17)12(7)13(18,19)20/h1-5H. The Labute approximate surface area is 126 Å². The van der Waals surface area contributed by atoms with E-state index in [-0.39, 0.29) is 20.6 Å². The fourth-order valence-electron chi connectivity index (χ4n) is 1.82. The molecule has 0 heterocycles. The summed E-state index contributed by atoms with van der Waals surface area (Å²) in [6.07, 6.45) is -4.87. The molecule has 2 aromatic rings. The first-order valence-corrected chi connectivity index (χ1v) is 6.36. The largest absolute Gasteiger partial charge is 0.419 e. The van der Waals surface area contributed by atoms with E-state index in [2.05, 4.69) is 0 Å². The Kier molecular flexibility index (Phi) is 4.19. The van der Waals surface area contributed by atoms with Crippen molar-refractivity contribution < 1.29 is 17.6 Å². The molecule has 0 unspecified atom stereocenters. The highest BCUT2D eigenvalue weighted by atomic mass is 35.5. The summed E-state index contributed by atoms with van der Waals surface area (Å²) in [6.45, 7) is 0. The number of rotatable bonds is 1. The molecule has 0 fully saturated rings. The normalized spacial score (nSPS) is 11.8. The number of halogens is 7. The Morgan fingerprint density at radius 1 is 0.900 bits per heavy atom. The molecule has 0 N–H and O–H groups in total. The van der Waals surface area contributed by atoms with Gasteiger partial charge in [-0.05, 0) is 23.8 Å². The lowest BCUT2D eigenvalue weighted by Crippen LogP contribution is -2.10. The molecule has 0 saturated heterocycles. The number of hydrogen-bond donors (Lipinski definition) is 0. The van der Waals surface area contributed by atoms with Gasteiger partial charge in [0, 0.05) is 10.6 Å². The van der Waals surface area contributed by atoms with Crippen molar-refractivity contribution in [3.05, 3.63) is 56.8 Å². The van der Waals surface area contributed by atoms with Gasteiger partial charge in [-0.2, -0.15) is 13.2 Å². The van der Waals surface area contributed by atoms with Gasteiger partial charge < -0.3 is 0 Å². The lowest BCUT2D eigenvalue weighted by molar-refractivity contribution is -0.139. The van der Waals surface area contributed by atoms with Crippen molar-refractivity contribution in [2.45, 2.75) is 6.18 Å². The average molecular weight is 344 g/mol. The molecule has 2 rings (SSSR count). The summed E-state index contributed by atoms with van der Waals surface area (Å²) in [4.78, 5) is 0. The average Bonchev–Trinajstić information content (AvgIpc) is 2.25. The molecule has 20 heavy (non-hydrogen) atoms. The summed E-state index contributed by atoms with van der Waals surface area (Å²) in [7, 11) is 0. The molecule has 0 nitrogen and oxygen atoms in total. The van der Waals surface area contributed by atoms with Gasteiger partial charge in [0.05, 0.1) is 15.6 Å². The molecule has 0 aliphatic heterocycles. The molecule has 0 bridgehead atoms. The molecule has 7 heteroatoms. The number of benzene rings is 2. The second-order valence-corrected chi connectivity index (χ2v) is 5.16. The van der Waals surface area contributed by atoms with E-state index in [1.165, 1.54) is 12.1 Å². The Morgan fingerprint density at radius 2 is 1.45 bits per heavy atom. The van der Waals surface area contributed by atoms with E-state index in [1.54, 1.807) is 0 Å². The molecule has 0 aliphatic rings. The first-order chi connectivity index (χ1) is 9.21. The predicted octanol–water partition coefficient (Wildman–Crippen LogP) is 6.47. The zero-order valence-corrected chi connectivity index (χ0v) is 11.8. The maximum Gasteiger partial charge on any atom is 0.419 e. The summed E-state index contributed by atoms with van der Waals surface area (Å²) >= 11 is 17.5. The third-order valence-corrected chi connectivity index (χ3v) is 3.39. The summed E-state index contributed by atoms with van der Waals surface area (Å²) < 4.78 is 52.5. The van der Waals surface area contributed by atoms with Crippen LogP contribution in [0.15, 0.2) is 30.3 Å². The maximum absolute atomic E-state index is 13.5. The molecule has 0 amide bonds. The first-order valence-electron chi connectivity index (χ1n) is 5.22. The van der Waals surface area contributed by atoms with Gasteiger partial charge in [0.2, 0.25) is 0 Å². The van der Waals surface area contributed by atoms with Gasteiger partial charge in [-0.25, -0.2) is 4.39 Å². The van der Waals surface area contributed by atoms with E-state index in [9.17, 15) is 17.6 Å². The lowest BCUT2D eigenvalue weighted by Gasteiger charge is -2.16. The second kappa shape index (κ2) is 5.43. The molecule has 0 radical (unpaired) electrons. The highest BCUT2D eigenvalue weighted by Crippen LogP contribution is 2.44. The minimum atomic E-state index is -4.87. The molecule has 2 aromatic carbocycles. The zero-order chi connectivity index (χ0) is 15.1. The summed E-state index contributed by atoms with van der Waals surface area (Å²) in [5.41, 5.74) is -1.94. The van der Waals surface area contributed by atoms with E-state index in [1.807, 2.05) is 0 Å². The molecule has 0 aliphatic carbocycles. The van der Waals surface area contributed by atoms with Crippen LogP contribution in [0.5, 0.6) is 0 Å².